The maximum atomic E-state index is 12.9. The van der Waals surface area contributed by atoms with Gasteiger partial charge >= 0.3 is 5.97 Å². The number of nitrogens with one attached hydrogen (secondary N) is 1. The van der Waals surface area contributed by atoms with Gasteiger partial charge in [0.2, 0.25) is 0 Å². The van der Waals surface area contributed by atoms with Crippen molar-refractivity contribution in [3.05, 3.63) is 120 Å². The normalized spacial score (nSPS) is 17.3. The van der Waals surface area contributed by atoms with Gasteiger partial charge in [0.1, 0.15) is 0 Å². The topological polar surface area (TPSA) is 69.6 Å². The lowest BCUT2D eigenvalue weighted by molar-refractivity contribution is 0.0697. The fourth-order valence-corrected chi connectivity index (χ4v) is 4.07. The largest absolute Gasteiger partial charge is 0.478 e. The van der Waals surface area contributed by atoms with E-state index in [4.69, 9.17) is 0 Å². The Morgan fingerprint density at radius 1 is 1.00 bits per heavy atom. The number of amides is 1. The Morgan fingerprint density at radius 2 is 1.73 bits per heavy atom. The molecule has 2 aliphatic rings. The fourth-order valence-electron chi connectivity index (χ4n) is 4.07. The first kappa shape index (κ1) is 22.1. The second-order valence-corrected chi connectivity index (χ2v) is 7.80. The van der Waals surface area contributed by atoms with Gasteiger partial charge < -0.3 is 15.3 Å². The Morgan fingerprint density at radius 3 is 2.45 bits per heavy atom. The quantitative estimate of drug-likeness (QED) is 0.574. The van der Waals surface area contributed by atoms with Crippen LogP contribution in [-0.2, 0) is 0 Å². The molecule has 2 aromatic rings. The van der Waals surface area contributed by atoms with Crippen LogP contribution in [0.2, 0.25) is 0 Å². The molecule has 33 heavy (non-hydrogen) atoms. The molecular formula is C28H26N2O3. The Kier molecular flexibility index (Phi) is 7.00. The van der Waals surface area contributed by atoms with Crippen molar-refractivity contribution in [3.63, 3.8) is 0 Å². The van der Waals surface area contributed by atoms with Gasteiger partial charge in [0.25, 0.3) is 5.91 Å². The van der Waals surface area contributed by atoms with E-state index in [1.807, 2.05) is 24.6 Å². The van der Waals surface area contributed by atoms with Gasteiger partial charge in [0.05, 0.1) is 11.6 Å². The number of carboxylic acids is 1. The first-order valence-corrected chi connectivity index (χ1v) is 11.0. The Labute approximate surface area is 193 Å². The molecule has 2 N–H and O–H groups in total. The summed E-state index contributed by atoms with van der Waals surface area (Å²) in [7, 11) is 0. The molecule has 1 heterocycles. The minimum atomic E-state index is -1.02. The van der Waals surface area contributed by atoms with E-state index in [-0.39, 0.29) is 17.5 Å². The number of nitrogens with zero attached hydrogens (tertiary/aromatic N) is 1. The summed E-state index contributed by atoms with van der Waals surface area (Å²) in [6.07, 6.45) is 20.7. The molecule has 0 fully saturated rings. The molecule has 1 aliphatic heterocycles. The van der Waals surface area contributed by atoms with Crippen molar-refractivity contribution < 1.29 is 14.7 Å². The molecule has 1 unspecified atom stereocenters. The maximum absolute atomic E-state index is 12.9. The number of benzene rings is 2. The Bertz CT molecular complexity index is 1190. The van der Waals surface area contributed by atoms with Crippen LogP contribution in [0.25, 0.3) is 11.1 Å². The lowest BCUT2D eigenvalue weighted by atomic mass is 9.95. The molecule has 0 saturated carbocycles. The van der Waals surface area contributed by atoms with Gasteiger partial charge in [0.15, 0.2) is 0 Å². The zero-order chi connectivity index (χ0) is 23.0. The first-order chi connectivity index (χ1) is 16.1. The minimum absolute atomic E-state index is 0.167. The van der Waals surface area contributed by atoms with Crippen molar-refractivity contribution in [3.8, 4) is 11.1 Å². The molecule has 1 atom stereocenters. The van der Waals surface area contributed by atoms with Crippen molar-refractivity contribution in [2.75, 3.05) is 6.54 Å². The van der Waals surface area contributed by atoms with Gasteiger partial charge in [0, 0.05) is 24.5 Å². The number of carbonyl (C=O) groups excluding carboxylic acids is 1. The average Bonchev–Trinajstić information content (AvgIpc) is 2.87. The van der Waals surface area contributed by atoms with Crippen molar-refractivity contribution in [2.24, 2.45) is 0 Å². The molecule has 0 radical (unpaired) electrons. The number of carbonyl (C=O) groups is 2. The van der Waals surface area contributed by atoms with E-state index in [2.05, 4.69) is 40.6 Å². The molecule has 0 aromatic heterocycles. The molecule has 0 saturated heterocycles. The van der Waals surface area contributed by atoms with E-state index in [0.717, 1.165) is 12.8 Å². The summed E-state index contributed by atoms with van der Waals surface area (Å²) >= 11 is 0. The zero-order valence-corrected chi connectivity index (χ0v) is 18.2. The van der Waals surface area contributed by atoms with Crippen LogP contribution in [0.4, 0.5) is 0 Å². The summed E-state index contributed by atoms with van der Waals surface area (Å²) in [6.45, 7) is 0.355. The standard InChI is InChI=1S/C28H26N2O3/c31-27(24-15-6-4-13-22(24)23-14-5-7-16-25(23)28(32)33)29-18-10-20-30-19-9-8-17-26(30)21-11-2-1-3-12-21/h1-2,4-10,12-17,19-20,26H,3,11,18H2,(H,29,31)(H,32,33). The van der Waals surface area contributed by atoms with Crippen LogP contribution in [0, 0.1) is 0 Å². The summed E-state index contributed by atoms with van der Waals surface area (Å²) in [5, 5.41) is 12.5. The summed E-state index contributed by atoms with van der Waals surface area (Å²) in [5.74, 6) is -1.27. The van der Waals surface area contributed by atoms with Crippen molar-refractivity contribution in [1.82, 2.24) is 10.2 Å². The van der Waals surface area contributed by atoms with Crippen molar-refractivity contribution >= 4 is 11.9 Å². The zero-order valence-electron chi connectivity index (χ0n) is 18.2. The lowest BCUT2D eigenvalue weighted by Crippen LogP contribution is -2.29. The third kappa shape index (κ3) is 5.21. The molecule has 4 rings (SSSR count). The van der Waals surface area contributed by atoms with Gasteiger partial charge in [-0.25, -0.2) is 4.79 Å². The second-order valence-electron chi connectivity index (χ2n) is 7.80. The predicted molar refractivity (Wildman–Crippen MR) is 131 cm³/mol. The second kappa shape index (κ2) is 10.5. The third-order valence-electron chi connectivity index (χ3n) is 5.68. The SMILES string of the molecule is O=C(O)c1ccccc1-c1ccccc1C(=O)NCC=CN1C=CC=CC1C1=CCC=CC1. The Hall–Kier alpha value is -4.12. The smallest absolute Gasteiger partial charge is 0.336 e. The van der Waals surface area contributed by atoms with Crippen LogP contribution in [0.1, 0.15) is 33.6 Å². The summed E-state index contributed by atoms with van der Waals surface area (Å²) < 4.78 is 0. The number of aromatic carboxylic acids is 1. The molecule has 2 aromatic carbocycles. The van der Waals surface area contributed by atoms with E-state index in [0.29, 0.717) is 23.2 Å². The number of hydrogen-bond donors (Lipinski definition) is 2. The van der Waals surface area contributed by atoms with Crippen LogP contribution in [-0.4, -0.2) is 34.5 Å². The molecule has 0 spiro atoms. The minimum Gasteiger partial charge on any atom is -0.478 e. The van der Waals surface area contributed by atoms with E-state index >= 15 is 0 Å². The summed E-state index contributed by atoms with van der Waals surface area (Å²) in [5.41, 5.74) is 3.09. The van der Waals surface area contributed by atoms with Crippen LogP contribution < -0.4 is 5.32 Å². The summed E-state index contributed by atoms with van der Waals surface area (Å²) in [4.78, 5) is 26.7. The van der Waals surface area contributed by atoms with Gasteiger partial charge in [-0.1, -0.05) is 66.8 Å². The Balaban J connectivity index is 1.45. The highest BCUT2D eigenvalue weighted by molar-refractivity contribution is 6.04. The monoisotopic (exact) mass is 438 g/mol. The third-order valence-corrected chi connectivity index (χ3v) is 5.68. The highest BCUT2D eigenvalue weighted by Crippen LogP contribution is 2.27. The van der Waals surface area contributed by atoms with Crippen molar-refractivity contribution in [2.45, 2.75) is 18.9 Å². The van der Waals surface area contributed by atoms with E-state index in [9.17, 15) is 14.7 Å². The highest BCUT2D eigenvalue weighted by atomic mass is 16.4. The predicted octanol–water partition coefficient (Wildman–Crippen LogP) is 5.33. The molecular weight excluding hydrogens is 412 g/mol. The lowest BCUT2D eigenvalue weighted by Gasteiger charge is -2.30. The van der Waals surface area contributed by atoms with Crippen LogP contribution >= 0.6 is 0 Å². The van der Waals surface area contributed by atoms with E-state index < -0.39 is 5.97 Å². The van der Waals surface area contributed by atoms with E-state index in [1.165, 1.54) is 5.57 Å². The number of carboxylic acid groups (broad SMARTS) is 1. The van der Waals surface area contributed by atoms with Gasteiger partial charge in [-0.15, -0.1) is 0 Å². The van der Waals surface area contributed by atoms with Gasteiger partial charge in [-0.3, -0.25) is 4.79 Å². The number of allylic oxidation sites excluding steroid dienone is 5. The van der Waals surface area contributed by atoms with Gasteiger partial charge in [-0.05, 0) is 53.8 Å². The molecule has 5 heteroatoms. The number of rotatable bonds is 7. The maximum Gasteiger partial charge on any atom is 0.336 e. The van der Waals surface area contributed by atoms with E-state index in [1.54, 1.807) is 48.5 Å². The van der Waals surface area contributed by atoms with Crippen LogP contribution in [0.5, 0.6) is 0 Å². The molecule has 1 amide bonds. The fraction of sp³-hybridized carbons (Fsp3) is 0.143. The van der Waals surface area contributed by atoms with Crippen LogP contribution in [0.15, 0.2) is 109 Å². The number of hydrogen-bond acceptors (Lipinski definition) is 3. The highest BCUT2D eigenvalue weighted by Gasteiger charge is 2.18. The average molecular weight is 439 g/mol. The summed E-state index contributed by atoms with van der Waals surface area (Å²) in [6, 6.07) is 14.0. The van der Waals surface area contributed by atoms with Gasteiger partial charge in [-0.2, -0.15) is 0 Å². The molecule has 5 nitrogen and oxygen atoms in total. The molecule has 1 aliphatic carbocycles. The molecule has 166 valence electrons. The van der Waals surface area contributed by atoms with Crippen molar-refractivity contribution in [1.29, 1.82) is 0 Å². The van der Waals surface area contributed by atoms with Crippen LogP contribution in [0.3, 0.4) is 0 Å². The molecule has 0 bridgehead atoms. The first-order valence-electron chi connectivity index (χ1n) is 11.0.